The summed E-state index contributed by atoms with van der Waals surface area (Å²) in [5.74, 6) is 0.721. The molecule has 1 aliphatic carbocycles. The summed E-state index contributed by atoms with van der Waals surface area (Å²) in [4.78, 5) is 3.90. The Morgan fingerprint density at radius 3 is 2.90 bits per heavy atom. The summed E-state index contributed by atoms with van der Waals surface area (Å²) in [6, 6.07) is 7.19. The van der Waals surface area contributed by atoms with Crippen molar-refractivity contribution in [1.82, 2.24) is 14.8 Å². The minimum Gasteiger partial charge on any atom is -0.487 e. The second-order valence-electron chi connectivity index (χ2n) is 5.15. The van der Waals surface area contributed by atoms with E-state index >= 15 is 0 Å². The van der Waals surface area contributed by atoms with Crippen LogP contribution in [0.4, 0.5) is 0 Å². The molecule has 3 rings (SSSR count). The van der Waals surface area contributed by atoms with Crippen molar-refractivity contribution >= 4 is 11.6 Å². The third-order valence-corrected chi connectivity index (χ3v) is 3.92. The third kappa shape index (κ3) is 2.78. The number of aliphatic hydroxyl groups is 1. The molecule has 0 saturated heterocycles. The van der Waals surface area contributed by atoms with Crippen molar-refractivity contribution in [3.63, 3.8) is 0 Å². The average molecular weight is 294 g/mol. The summed E-state index contributed by atoms with van der Waals surface area (Å²) >= 11 is 5.86. The summed E-state index contributed by atoms with van der Waals surface area (Å²) in [5.41, 5.74) is -0.909. The zero-order valence-electron chi connectivity index (χ0n) is 10.9. The lowest BCUT2D eigenvalue weighted by Gasteiger charge is -2.30. The van der Waals surface area contributed by atoms with Crippen LogP contribution in [-0.2, 0) is 6.54 Å². The van der Waals surface area contributed by atoms with Crippen molar-refractivity contribution in [3.05, 3.63) is 41.9 Å². The predicted molar refractivity (Wildman–Crippen MR) is 74.7 cm³/mol. The Morgan fingerprint density at radius 1 is 1.40 bits per heavy atom. The molecule has 1 aromatic carbocycles. The molecule has 20 heavy (non-hydrogen) atoms. The average Bonchev–Trinajstić information content (AvgIpc) is 3.04. The molecule has 0 aliphatic heterocycles. The molecule has 1 aromatic heterocycles. The van der Waals surface area contributed by atoms with Crippen LogP contribution in [0.2, 0.25) is 5.02 Å². The van der Waals surface area contributed by atoms with Crippen molar-refractivity contribution in [2.75, 3.05) is 0 Å². The Kier molecular flexibility index (Phi) is 3.63. The first-order chi connectivity index (χ1) is 9.66. The number of rotatable bonds is 4. The lowest BCUT2D eigenvalue weighted by Crippen LogP contribution is -2.45. The largest absolute Gasteiger partial charge is 0.487 e. The predicted octanol–water partition coefficient (Wildman–Crippen LogP) is 2.29. The molecule has 2 atom stereocenters. The Hall–Kier alpha value is -1.59. The fraction of sp³-hybridized carbons (Fsp3) is 0.429. The van der Waals surface area contributed by atoms with E-state index in [1.54, 1.807) is 23.1 Å². The summed E-state index contributed by atoms with van der Waals surface area (Å²) < 4.78 is 7.57. The van der Waals surface area contributed by atoms with E-state index in [1.165, 1.54) is 6.33 Å². The van der Waals surface area contributed by atoms with Gasteiger partial charge in [-0.1, -0.05) is 11.6 Å². The fourth-order valence-electron chi connectivity index (χ4n) is 2.65. The smallest absolute Gasteiger partial charge is 0.137 e. The topological polar surface area (TPSA) is 60.2 Å². The van der Waals surface area contributed by atoms with Gasteiger partial charge in [-0.3, -0.25) is 0 Å². The van der Waals surface area contributed by atoms with E-state index in [1.807, 2.05) is 12.1 Å². The molecule has 0 amide bonds. The van der Waals surface area contributed by atoms with E-state index in [9.17, 15) is 5.11 Å². The van der Waals surface area contributed by atoms with Crippen LogP contribution < -0.4 is 4.74 Å². The molecule has 0 unspecified atom stereocenters. The highest BCUT2D eigenvalue weighted by Crippen LogP contribution is 2.34. The van der Waals surface area contributed by atoms with E-state index in [-0.39, 0.29) is 6.10 Å². The maximum Gasteiger partial charge on any atom is 0.137 e. The molecule has 0 radical (unpaired) electrons. The minimum absolute atomic E-state index is 0.243. The molecule has 0 spiro atoms. The standard InChI is InChI=1S/C14H16ClN3O2/c15-11-3-5-12(6-4-11)20-13-2-1-7-14(13,19)8-18-10-16-9-17-18/h3-6,9-10,13,19H,1-2,7-8H2/t13-,14-/m1/s1. The van der Waals surface area contributed by atoms with E-state index in [2.05, 4.69) is 10.1 Å². The van der Waals surface area contributed by atoms with Gasteiger partial charge in [-0.15, -0.1) is 0 Å². The summed E-state index contributed by atoms with van der Waals surface area (Å²) in [6.45, 7) is 0.394. The summed E-state index contributed by atoms with van der Waals surface area (Å²) in [7, 11) is 0. The molecule has 1 saturated carbocycles. The van der Waals surface area contributed by atoms with Gasteiger partial charge in [0.15, 0.2) is 0 Å². The highest BCUT2D eigenvalue weighted by Gasteiger charge is 2.43. The van der Waals surface area contributed by atoms with E-state index in [4.69, 9.17) is 16.3 Å². The number of halogens is 1. The number of hydrogen-bond donors (Lipinski definition) is 1. The SMILES string of the molecule is O[C@@]1(Cn2cncn2)CCC[C@H]1Oc1ccc(Cl)cc1. The molecule has 0 bridgehead atoms. The summed E-state index contributed by atoms with van der Waals surface area (Å²) in [5, 5.41) is 15.5. The highest BCUT2D eigenvalue weighted by atomic mass is 35.5. The van der Waals surface area contributed by atoms with Crippen LogP contribution in [0.15, 0.2) is 36.9 Å². The Balaban J connectivity index is 1.73. The number of aromatic nitrogens is 3. The molecular formula is C14H16ClN3O2. The zero-order chi connectivity index (χ0) is 14.0. The molecule has 6 heteroatoms. The Labute approximate surface area is 122 Å². The van der Waals surface area contributed by atoms with Gasteiger partial charge in [0.1, 0.15) is 30.1 Å². The Bertz CT molecular complexity index is 558. The number of nitrogens with zero attached hydrogens (tertiary/aromatic N) is 3. The normalized spacial score (nSPS) is 25.8. The van der Waals surface area contributed by atoms with Crippen LogP contribution in [-0.4, -0.2) is 31.6 Å². The molecule has 1 fully saturated rings. The summed E-state index contributed by atoms with van der Waals surface area (Å²) in [6.07, 6.45) is 5.29. The van der Waals surface area contributed by atoms with Gasteiger partial charge >= 0.3 is 0 Å². The lowest BCUT2D eigenvalue weighted by atomic mass is 10.00. The van der Waals surface area contributed by atoms with Crippen molar-refractivity contribution in [2.45, 2.75) is 37.5 Å². The van der Waals surface area contributed by atoms with Crippen molar-refractivity contribution in [2.24, 2.45) is 0 Å². The molecule has 1 heterocycles. The molecule has 2 aromatic rings. The van der Waals surface area contributed by atoms with Gasteiger partial charge < -0.3 is 9.84 Å². The number of ether oxygens (including phenoxy) is 1. The van der Waals surface area contributed by atoms with Gasteiger partial charge in [-0.2, -0.15) is 5.10 Å². The molecule has 1 aliphatic rings. The van der Waals surface area contributed by atoms with Crippen LogP contribution in [0, 0.1) is 0 Å². The third-order valence-electron chi connectivity index (χ3n) is 3.67. The maximum absolute atomic E-state index is 10.8. The van der Waals surface area contributed by atoms with Gasteiger partial charge in [0.2, 0.25) is 0 Å². The van der Waals surface area contributed by atoms with Gasteiger partial charge in [0, 0.05) is 5.02 Å². The highest BCUT2D eigenvalue weighted by molar-refractivity contribution is 6.30. The molecule has 5 nitrogen and oxygen atoms in total. The number of hydrogen-bond acceptors (Lipinski definition) is 4. The van der Waals surface area contributed by atoms with Gasteiger partial charge in [0.25, 0.3) is 0 Å². The quantitative estimate of drug-likeness (QED) is 0.939. The number of benzene rings is 1. The van der Waals surface area contributed by atoms with Crippen molar-refractivity contribution in [1.29, 1.82) is 0 Å². The van der Waals surface area contributed by atoms with Gasteiger partial charge in [-0.25, -0.2) is 9.67 Å². The molecule has 106 valence electrons. The second kappa shape index (κ2) is 5.42. The Morgan fingerprint density at radius 2 is 2.20 bits per heavy atom. The zero-order valence-corrected chi connectivity index (χ0v) is 11.7. The first kappa shape index (κ1) is 13.4. The lowest BCUT2D eigenvalue weighted by molar-refractivity contribution is -0.0545. The molecular weight excluding hydrogens is 278 g/mol. The minimum atomic E-state index is -0.909. The van der Waals surface area contributed by atoms with E-state index in [0.717, 1.165) is 18.6 Å². The van der Waals surface area contributed by atoms with Crippen LogP contribution >= 0.6 is 11.6 Å². The van der Waals surface area contributed by atoms with E-state index in [0.29, 0.717) is 18.0 Å². The maximum atomic E-state index is 10.8. The van der Waals surface area contributed by atoms with Gasteiger partial charge in [0.05, 0.1) is 6.54 Å². The first-order valence-corrected chi connectivity index (χ1v) is 7.00. The monoisotopic (exact) mass is 293 g/mol. The van der Waals surface area contributed by atoms with Crippen LogP contribution in [0.1, 0.15) is 19.3 Å². The van der Waals surface area contributed by atoms with Crippen molar-refractivity contribution in [3.8, 4) is 5.75 Å². The van der Waals surface area contributed by atoms with Crippen LogP contribution in [0.5, 0.6) is 5.75 Å². The van der Waals surface area contributed by atoms with Crippen LogP contribution in [0.25, 0.3) is 0 Å². The van der Waals surface area contributed by atoms with Crippen LogP contribution in [0.3, 0.4) is 0 Å². The fourth-order valence-corrected chi connectivity index (χ4v) is 2.77. The van der Waals surface area contributed by atoms with Crippen molar-refractivity contribution < 1.29 is 9.84 Å². The van der Waals surface area contributed by atoms with Gasteiger partial charge in [-0.05, 0) is 43.5 Å². The second-order valence-corrected chi connectivity index (χ2v) is 5.59. The van der Waals surface area contributed by atoms with E-state index < -0.39 is 5.60 Å². The molecule has 1 N–H and O–H groups in total. The first-order valence-electron chi connectivity index (χ1n) is 6.63.